The Morgan fingerprint density at radius 3 is 1.14 bits per heavy atom. The van der Waals surface area contributed by atoms with Crippen LogP contribution in [-0.2, 0) is 40.5 Å². The summed E-state index contributed by atoms with van der Waals surface area (Å²) in [6.45, 7) is 0. The molecule has 0 atom stereocenters. The fourth-order valence-electron chi connectivity index (χ4n) is 0. The van der Waals surface area contributed by atoms with Gasteiger partial charge in [-0.3, -0.25) is 0 Å². The van der Waals surface area contributed by atoms with Crippen LogP contribution in [0, 0.1) is 12.4 Å². The second-order valence-electron chi connectivity index (χ2n) is 0.378. The maximum Gasteiger partial charge on any atom is 2.00 e. The van der Waals surface area contributed by atoms with Gasteiger partial charge in [0.2, 0.25) is 0 Å². The molecule has 0 fully saturated rings. The maximum absolute atomic E-state index is 8.58. The Bertz CT molecular complexity index is 94.9. The molecule has 0 aromatic rings. The molecule has 0 amide bonds. The van der Waals surface area contributed by atoms with Crippen LogP contribution in [0.1, 0.15) is 0 Å². The molecule has 0 aromatic heterocycles. The Kier molecular flexibility index (Phi) is 11.4. The molecule has 0 aliphatic rings. The van der Waals surface area contributed by atoms with E-state index in [1.807, 2.05) is 0 Å². The molecular weight excluding hydrogens is 220 g/mol. The molecule has 4 nitrogen and oxygen atoms in total. The van der Waals surface area contributed by atoms with Crippen LogP contribution < -0.4 is 8.38 Å². The van der Waals surface area contributed by atoms with Gasteiger partial charge in [0.15, 0.2) is 0 Å². The predicted molar refractivity (Wildman–Crippen MR) is 4.16 cm³/mol. The van der Waals surface area contributed by atoms with Crippen LogP contribution in [0.4, 0.5) is 0 Å². The molecule has 7 heteroatoms. The van der Waals surface area contributed by atoms with Crippen molar-refractivity contribution in [3.8, 4) is 0 Å². The summed E-state index contributed by atoms with van der Waals surface area (Å²) in [5, 5.41) is 0. The summed E-state index contributed by atoms with van der Waals surface area (Å²) in [4.78, 5) is 0. The molecule has 0 N–H and O–H groups in total. The average molecular weight is 222 g/mol. The zero-order chi connectivity index (χ0) is 4.50. The van der Waals surface area contributed by atoms with E-state index in [2.05, 4.69) is 0 Å². The monoisotopic (exact) mass is 220 g/mol. The van der Waals surface area contributed by atoms with Gasteiger partial charge in [-0.15, -0.1) is 0 Å². The molecule has 0 spiro atoms. The summed E-state index contributed by atoms with van der Waals surface area (Å²) in [7, 11) is 0. The van der Waals surface area contributed by atoms with Crippen molar-refractivity contribution in [1.29, 1.82) is 0 Å². The first kappa shape index (κ1) is 15.7. The molecule has 0 aliphatic carbocycles. The van der Waals surface area contributed by atoms with Crippen molar-refractivity contribution >= 4 is 0 Å². The number of hydrogen-bond donors (Lipinski definition) is 0. The minimum Gasteiger partial charge on any atom is 2.00 e. The smallest absolute Gasteiger partial charge is 2.00 e. The fraction of sp³-hybridized carbons (Fsp3) is 0. The normalized spacial score (nSPS) is 8.29. The third-order valence-electron chi connectivity index (χ3n) is 0. The first-order chi connectivity index (χ1) is 2.00. The van der Waals surface area contributed by atoms with Crippen molar-refractivity contribution in [1.82, 2.24) is 0 Å². The molecule has 0 aliphatic heterocycles. The minimum atomic E-state index is -5.62. The van der Waals surface area contributed by atoms with Crippen molar-refractivity contribution in [3.05, 3.63) is 0 Å². The third kappa shape index (κ3) is 188. The first-order valence-electron chi connectivity index (χ1n) is 0.617. The van der Waals surface area contributed by atoms with Crippen LogP contribution in [0.3, 0.4) is 0 Å². The summed E-state index contributed by atoms with van der Waals surface area (Å²) in [6.07, 6.45) is 0. The third-order valence-corrected chi connectivity index (χ3v) is 0. The van der Waals surface area contributed by atoms with Crippen molar-refractivity contribution in [2.24, 2.45) is 0 Å². The van der Waals surface area contributed by atoms with Crippen LogP contribution in [0.25, 0.3) is 0 Å². The van der Waals surface area contributed by atoms with E-state index in [-0.39, 0.29) is 31.9 Å². The largest absolute Gasteiger partial charge is 2.00 e. The molecule has 0 saturated carbocycles. The standard InChI is InChI=1S/ClH2.Mn.4O.Zn/h1H2;;;;;;/q+1;;;;2*-1;+2. The van der Waals surface area contributed by atoms with Gasteiger partial charge in [0.1, 0.15) is 0 Å². The SMILES string of the molecule is [ClH2+].[O]=[Mn](=[O])([O-])[O-].[Zn+2]. The Morgan fingerprint density at radius 2 is 1.14 bits per heavy atom. The van der Waals surface area contributed by atoms with E-state index >= 15 is 0 Å². The van der Waals surface area contributed by atoms with Gasteiger partial charge in [-0.1, -0.05) is 0 Å². The van der Waals surface area contributed by atoms with E-state index in [9.17, 15) is 0 Å². The molecule has 0 radical (unpaired) electrons. The molecule has 0 bridgehead atoms. The van der Waals surface area contributed by atoms with Gasteiger partial charge in [-0.25, -0.2) is 0 Å². The van der Waals surface area contributed by atoms with Gasteiger partial charge < -0.3 is 0 Å². The summed E-state index contributed by atoms with van der Waals surface area (Å²) in [5.41, 5.74) is 0. The van der Waals surface area contributed by atoms with Crippen LogP contribution in [0.5, 0.6) is 0 Å². The molecule has 0 saturated heterocycles. The Morgan fingerprint density at radius 1 is 1.14 bits per heavy atom. The molecule has 0 aromatic carbocycles. The molecular formula is H2ClMnO4Zn+. The summed E-state index contributed by atoms with van der Waals surface area (Å²) in [6, 6.07) is 0. The predicted octanol–water partition coefficient (Wildman–Crippen LogP) is -3.16. The van der Waals surface area contributed by atoms with Gasteiger partial charge in [0.05, 0.1) is 12.4 Å². The fourth-order valence-corrected chi connectivity index (χ4v) is 0. The van der Waals surface area contributed by atoms with Crippen molar-refractivity contribution in [2.45, 2.75) is 0 Å². The Labute approximate surface area is 61.4 Å². The Balaban J connectivity index is -0.0000000800. The summed E-state index contributed by atoms with van der Waals surface area (Å²) < 4.78 is 34.3. The van der Waals surface area contributed by atoms with E-state index in [0.717, 1.165) is 0 Å². The molecule has 41 valence electrons. The van der Waals surface area contributed by atoms with Gasteiger partial charge in [-0.2, -0.15) is 0 Å². The van der Waals surface area contributed by atoms with Crippen LogP contribution in [0.2, 0.25) is 0 Å². The van der Waals surface area contributed by atoms with Gasteiger partial charge >= 0.3 is 48.9 Å². The number of rotatable bonds is 0. The van der Waals surface area contributed by atoms with E-state index in [4.69, 9.17) is 16.0 Å². The van der Waals surface area contributed by atoms with E-state index in [0.29, 0.717) is 0 Å². The molecule has 7 heavy (non-hydrogen) atoms. The van der Waals surface area contributed by atoms with E-state index in [1.165, 1.54) is 0 Å². The van der Waals surface area contributed by atoms with Gasteiger partial charge in [0.25, 0.3) is 0 Å². The first-order valence-corrected chi connectivity index (χ1v) is 2.54. The van der Waals surface area contributed by atoms with Crippen LogP contribution in [-0.4, -0.2) is 0 Å². The quantitative estimate of drug-likeness (QED) is 0.405. The topological polar surface area (TPSA) is 80.3 Å². The number of halogens is 1. The van der Waals surface area contributed by atoms with Gasteiger partial charge in [-0.05, 0) is 0 Å². The van der Waals surface area contributed by atoms with Crippen molar-refractivity contribution in [2.75, 3.05) is 0 Å². The zero-order valence-electron chi connectivity index (χ0n) is 3.17. The van der Waals surface area contributed by atoms with E-state index < -0.39 is 13.4 Å². The van der Waals surface area contributed by atoms with Crippen LogP contribution in [0.15, 0.2) is 0 Å². The van der Waals surface area contributed by atoms with Crippen molar-refractivity contribution in [3.63, 3.8) is 0 Å². The van der Waals surface area contributed by atoms with Crippen molar-refractivity contribution < 1.29 is 61.3 Å². The second-order valence-corrected chi connectivity index (χ2v) is 1.56. The zero-order valence-corrected chi connectivity index (χ0v) is 8.21. The van der Waals surface area contributed by atoms with Crippen LogP contribution >= 0.6 is 0 Å². The van der Waals surface area contributed by atoms with E-state index in [1.54, 1.807) is 0 Å². The summed E-state index contributed by atoms with van der Waals surface area (Å²) in [5.74, 6) is 0. The minimum absolute atomic E-state index is 0. The number of hydrogen-bond acceptors (Lipinski definition) is 4. The molecule has 0 unspecified atom stereocenters. The molecule has 0 rings (SSSR count). The average Bonchev–Trinajstić information content (AvgIpc) is 0.722. The second kappa shape index (κ2) is 5.10. The summed E-state index contributed by atoms with van der Waals surface area (Å²) >= 11 is -5.62. The maximum atomic E-state index is 8.58. The van der Waals surface area contributed by atoms with Gasteiger partial charge in [0, 0.05) is 0 Å². The molecule has 0 heterocycles. The Hall–Kier alpha value is 0.953.